The quantitative estimate of drug-likeness (QED) is 0.411. The highest BCUT2D eigenvalue weighted by molar-refractivity contribution is 5.81. The molecule has 0 radical (unpaired) electrons. The molecule has 2 atom stereocenters. The monoisotopic (exact) mass is 486 g/mol. The minimum absolute atomic E-state index is 0.0134. The van der Waals surface area contributed by atoms with Crippen LogP contribution in [0.2, 0.25) is 0 Å². The van der Waals surface area contributed by atoms with Crippen molar-refractivity contribution in [3.63, 3.8) is 0 Å². The van der Waals surface area contributed by atoms with Gasteiger partial charge < -0.3 is 19.7 Å². The number of nitrogens with one attached hydrogen (secondary N) is 1. The molecule has 1 amide bonds. The van der Waals surface area contributed by atoms with Crippen LogP contribution in [-0.2, 0) is 33.6 Å². The van der Waals surface area contributed by atoms with E-state index < -0.39 is 35.7 Å². The Morgan fingerprint density at radius 2 is 1.63 bits per heavy atom. The largest absolute Gasteiger partial charge is 0.497 e. The number of hydrogen-bond acceptors (Lipinski definition) is 6. The number of carboxylic acids is 2. The second-order valence-corrected chi connectivity index (χ2v) is 9.11. The number of benzene rings is 2. The minimum Gasteiger partial charge on any atom is -0.497 e. The van der Waals surface area contributed by atoms with E-state index in [0.29, 0.717) is 17.7 Å². The molecule has 0 fully saturated rings. The molecule has 2 rings (SSSR count). The molecule has 0 saturated carbocycles. The summed E-state index contributed by atoms with van der Waals surface area (Å²) in [5, 5.41) is 20.7. The van der Waals surface area contributed by atoms with Crippen LogP contribution in [-0.4, -0.2) is 58.0 Å². The fourth-order valence-corrected chi connectivity index (χ4v) is 3.54. The SMILES string of the molecule is CCc1cc(OC)ccc1CC(NN(C(=O)OC(C)(C)C)[C@@H](Cc1ccccc1)C(=O)O)C(=O)O. The first kappa shape index (κ1) is 27.7. The number of amides is 1. The van der Waals surface area contributed by atoms with Gasteiger partial charge in [-0.25, -0.2) is 20.0 Å². The molecule has 0 aromatic heterocycles. The zero-order chi connectivity index (χ0) is 26.2. The minimum atomic E-state index is -1.41. The third-order valence-corrected chi connectivity index (χ3v) is 5.27. The van der Waals surface area contributed by atoms with Crippen molar-refractivity contribution in [3.8, 4) is 5.75 Å². The molecule has 9 nitrogen and oxygen atoms in total. The van der Waals surface area contributed by atoms with Gasteiger partial charge in [0.1, 0.15) is 17.4 Å². The van der Waals surface area contributed by atoms with E-state index >= 15 is 0 Å². The third-order valence-electron chi connectivity index (χ3n) is 5.27. The van der Waals surface area contributed by atoms with Gasteiger partial charge >= 0.3 is 18.0 Å². The van der Waals surface area contributed by atoms with Crippen molar-refractivity contribution in [1.82, 2.24) is 10.4 Å². The Morgan fingerprint density at radius 3 is 2.14 bits per heavy atom. The molecular formula is C26H34N2O7. The van der Waals surface area contributed by atoms with E-state index in [1.54, 1.807) is 70.3 Å². The Morgan fingerprint density at radius 1 is 0.971 bits per heavy atom. The number of carboxylic acid groups (broad SMARTS) is 2. The van der Waals surface area contributed by atoms with Crippen LogP contribution >= 0.6 is 0 Å². The summed E-state index contributed by atoms with van der Waals surface area (Å²) in [5.74, 6) is -1.88. The van der Waals surface area contributed by atoms with E-state index in [0.717, 1.165) is 16.1 Å². The maximum Gasteiger partial charge on any atom is 0.425 e. The molecule has 9 heteroatoms. The first-order chi connectivity index (χ1) is 16.4. The van der Waals surface area contributed by atoms with E-state index in [-0.39, 0.29) is 12.8 Å². The first-order valence-corrected chi connectivity index (χ1v) is 11.4. The molecule has 2 aromatic carbocycles. The number of aryl methyl sites for hydroxylation is 1. The van der Waals surface area contributed by atoms with Crippen LogP contribution in [0.25, 0.3) is 0 Å². The normalized spacial score (nSPS) is 12.9. The van der Waals surface area contributed by atoms with E-state index in [4.69, 9.17) is 9.47 Å². The van der Waals surface area contributed by atoms with Gasteiger partial charge in [-0.1, -0.05) is 43.3 Å². The lowest BCUT2D eigenvalue weighted by Gasteiger charge is -2.33. The molecule has 0 aliphatic rings. The standard InChI is InChI=1S/C26H34N2O7/c1-6-18-15-20(34-5)13-12-19(18)16-21(23(29)30)27-28(25(33)35-26(2,3)4)22(24(31)32)14-17-10-8-7-9-11-17/h7-13,15,21-22,27H,6,14,16H2,1-5H3,(H,29,30)(H,31,32)/t21?,22-/m0/s1. The van der Waals surface area contributed by atoms with Gasteiger partial charge in [-0.3, -0.25) is 4.79 Å². The summed E-state index contributed by atoms with van der Waals surface area (Å²) in [6, 6.07) is 11.4. The zero-order valence-electron chi connectivity index (χ0n) is 20.8. The predicted molar refractivity (Wildman–Crippen MR) is 130 cm³/mol. The highest BCUT2D eigenvalue weighted by Crippen LogP contribution is 2.21. The summed E-state index contributed by atoms with van der Waals surface area (Å²) < 4.78 is 10.7. The van der Waals surface area contributed by atoms with Crippen molar-refractivity contribution in [2.45, 2.75) is 64.6 Å². The van der Waals surface area contributed by atoms with E-state index in [9.17, 15) is 24.6 Å². The van der Waals surface area contributed by atoms with E-state index in [1.165, 1.54) is 0 Å². The second-order valence-electron chi connectivity index (χ2n) is 9.11. The first-order valence-electron chi connectivity index (χ1n) is 11.4. The highest BCUT2D eigenvalue weighted by atomic mass is 16.6. The Hall–Kier alpha value is -3.59. The van der Waals surface area contributed by atoms with Gasteiger partial charge in [0.05, 0.1) is 7.11 Å². The summed E-state index contributed by atoms with van der Waals surface area (Å²) in [6.07, 6.45) is -0.366. The fraction of sp³-hybridized carbons (Fsp3) is 0.423. The van der Waals surface area contributed by atoms with Crippen LogP contribution < -0.4 is 10.2 Å². The summed E-state index contributed by atoms with van der Waals surface area (Å²) >= 11 is 0. The molecule has 35 heavy (non-hydrogen) atoms. The molecule has 0 aliphatic heterocycles. The number of rotatable bonds is 11. The predicted octanol–water partition coefficient (Wildman–Crippen LogP) is 3.69. The van der Waals surface area contributed by atoms with Crippen molar-refractivity contribution in [1.29, 1.82) is 0 Å². The molecule has 190 valence electrons. The topological polar surface area (TPSA) is 125 Å². The molecule has 0 bridgehead atoms. The average Bonchev–Trinajstić information content (AvgIpc) is 2.79. The number of aliphatic carboxylic acids is 2. The average molecular weight is 487 g/mol. The zero-order valence-corrected chi connectivity index (χ0v) is 20.8. The van der Waals surface area contributed by atoms with Crippen LogP contribution in [0, 0.1) is 0 Å². The van der Waals surface area contributed by atoms with Crippen LogP contribution in [0.1, 0.15) is 44.4 Å². The smallest absolute Gasteiger partial charge is 0.425 e. The molecule has 0 saturated heterocycles. The lowest BCUT2D eigenvalue weighted by atomic mass is 9.98. The molecule has 1 unspecified atom stereocenters. The van der Waals surface area contributed by atoms with Crippen molar-refractivity contribution in [2.24, 2.45) is 0 Å². The molecule has 0 spiro atoms. The Balaban J connectivity index is 2.42. The Bertz CT molecular complexity index is 1020. The fourth-order valence-electron chi connectivity index (χ4n) is 3.54. The highest BCUT2D eigenvalue weighted by Gasteiger charge is 2.36. The summed E-state index contributed by atoms with van der Waals surface area (Å²) in [5.41, 5.74) is 4.04. The number of ether oxygens (including phenoxy) is 2. The molecular weight excluding hydrogens is 452 g/mol. The van der Waals surface area contributed by atoms with Crippen LogP contribution in [0.15, 0.2) is 48.5 Å². The van der Waals surface area contributed by atoms with Crippen LogP contribution in [0.4, 0.5) is 4.79 Å². The number of methoxy groups -OCH3 is 1. The van der Waals surface area contributed by atoms with Gasteiger partial charge in [-0.05, 0) is 56.0 Å². The lowest BCUT2D eigenvalue weighted by Crippen LogP contribution is -2.60. The number of hydrazine groups is 1. The van der Waals surface area contributed by atoms with Crippen molar-refractivity contribution < 1.29 is 34.1 Å². The van der Waals surface area contributed by atoms with Gasteiger partial charge in [0, 0.05) is 12.8 Å². The summed E-state index contributed by atoms with van der Waals surface area (Å²) in [4.78, 5) is 37.5. The number of carbonyl (C=O) groups is 3. The Kier molecular flexibility index (Phi) is 9.65. The number of carbonyl (C=O) groups excluding carboxylic acids is 1. The van der Waals surface area contributed by atoms with Gasteiger partial charge in [0.2, 0.25) is 0 Å². The van der Waals surface area contributed by atoms with E-state index in [1.807, 2.05) is 13.0 Å². The van der Waals surface area contributed by atoms with Gasteiger partial charge in [-0.15, -0.1) is 0 Å². The van der Waals surface area contributed by atoms with Gasteiger partial charge in [0.15, 0.2) is 6.04 Å². The van der Waals surface area contributed by atoms with Crippen LogP contribution in [0.5, 0.6) is 5.75 Å². The number of nitrogens with zero attached hydrogens (tertiary/aromatic N) is 1. The third kappa shape index (κ3) is 8.29. The van der Waals surface area contributed by atoms with E-state index in [2.05, 4.69) is 5.43 Å². The number of hydrogen-bond donors (Lipinski definition) is 3. The maximum atomic E-state index is 13.1. The van der Waals surface area contributed by atoms with Crippen molar-refractivity contribution >= 4 is 18.0 Å². The van der Waals surface area contributed by atoms with Crippen molar-refractivity contribution in [3.05, 3.63) is 65.2 Å². The van der Waals surface area contributed by atoms with Gasteiger partial charge in [-0.2, -0.15) is 0 Å². The lowest BCUT2D eigenvalue weighted by molar-refractivity contribution is -0.148. The summed E-state index contributed by atoms with van der Waals surface area (Å²) in [6.45, 7) is 6.88. The van der Waals surface area contributed by atoms with Gasteiger partial charge in [0.25, 0.3) is 0 Å². The van der Waals surface area contributed by atoms with Crippen molar-refractivity contribution in [2.75, 3.05) is 7.11 Å². The van der Waals surface area contributed by atoms with Crippen LogP contribution in [0.3, 0.4) is 0 Å². The molecule has 0 heterocycles. The molecule has 3 N–H and O–H groups in total. The molecule has 0 aliphatic carbocycles. The maximum absolute atomic E-state index is 13.1. The Labute approximate surface area is 205 Å². The molecule has 2 aromatic rings. The summed E-state index contributed by atoms with van der Waals surface area (Å²) in [7, 11) is 1.55. The second kappa shape index (κ2) is 12.2.